The number of alkyl halides is 1. The second-order valence-corrected chi connectivity index (χ2v) is 5.24. The van der Waals surface area contributed by atoms with Crippen LogP contribution in [0, 0.1) is 12.7 Å². The Morgan fingerprint density at radius 3 is 2.71 bits per heavy atom. The van der Waals surface area contributed by atoms with E-state index >= 15 is 0 Å². The Hall–Kier alpha value is -0.370. The molecule has 0 aromatic heterocycles. The molecule has 0 spiro atoms. The van der Waals surface area contributed by atoms with Crippen molar-refractivity contribution in [1.82, 2.24) is 0 Å². The standard InChI is InChI=1S/C12H14BrF/c1-8-7-9(5-6-12(8)14)10-3-2-4-11(10)13/h5-7,10-11H,2-4H2,1H3. The van der Waals surface area contributed by atoms with Crippen molar-refractivity contribution in [2.45, 2.75) is 36.9 Å². The molecule has 2 unspecified atom stereocenters. The first-order chi connectivity index (χ1) is 6.68. The molecule has 0 saturated heterocycles. The van der Waals surface area contributed by atoms with Crippen molar-refractivity contribution < 1.29 is 4.39 Å². The lowest BCUT2D eigenvalue weighted by atomic mass is 9.96. The molecule has 1 fully saturated rings. The topological polar surface area (TPSA) is 0 Å². The summed E-state index contributed by atoms with van der Waals surface area (Å²) >= 11 is 3.69. The first-order valence-corrected chi connectivity index (χ1v) is 6.00. The number of benzene rings is 1. The molecule has 0 N–H and O–H groups in total. The molecule has 1 saturated carbocycles. The van der Waals surface area contributed by atoms with Crippen LogP contribution < -0.4 is 0 Å². The van der Waals surface area contributed by atoms with Gasteiger partial charge in [-0.05, 0) is 42.9 Å². The highest BCUT2D eigenvalue weighted by Crippen LogP contribution is 2.39. The zero-order valence-electron chi connectivity index (χ0n) is 8.26. The molecule has 0 bridgehead atoms. The van der Waals surface area contributed by atoms with E-state index in [4.69, 9.17) is 0 Å². The molecule has 1 aliphatic rings. The fourth-order valence-electron chi connectivity index (χ4n) is 2.19. The summed E-state index contributed by atoms with van der Waals surface area (Å²) in [6.07, 6.45) is 3.74. The summed E-state index contributed by atoms with van der Waals surface area (Å²) in [5.74, 6) is 0.479. The lowest BCUT2D eigenvalue weighted by molar-refractivity contribution is 0.615. The molecule has 0 heterocycles. The average molecular weight is 257 g/mol. The number of halogens is 2. The zero-order chi connectivity index (χ0) is 10.1. The van der Waals surface area contributed by atoms with Gasteiger partial charge in [0.2, 0.25) is 0 Å². The summed E-state index contributed by atoms with van der Waals surface area (Å²) in [5, 5.41) is 0. The maximum absolute atomic E-state index is 13.1. The van der Waals surface area contributed by atoms with E-state index in [1.165, 1.54) is 24.8 Å². The third-order valence-electron chi connectivity index (χ3n) is 3.04. The number of aryl methyl sites for hydroxylation is 1. The highest BCUT2D eigenvalue weighted by molar-refractivity contribution is 9.09. The minimum absolute atomic E-state index is 0.0992. The molecule has 0 radical (unpaired) electrons. The molecule has 1 aromatic rings. The van der Waals surface area contributed by atoms with Crippen LogP contribution in [-0.4, -0.2) is 4.83 Å². The molecular weight excluding hydrogens is 243 g/mol. The third kappa shape index (κ3) is 1.85. The van der Waals surface area contributed by atoms with Crippen LogP contribution in [0.15, 0.2) is 18.2 Å². The van der Waals surface area contributed by atoms with E-state index in [0.29, 0.717) is 10.7 Å². The van der Waals surface area contributed by atoms with Crippen molar-refractivity contribution >= 4 is 15.9 Å². The van der Waals surface area contributed by atoms with Crippen LogP contribution >= 0.6 is 15.9 Å². The van der Waals surface area contributed by atoms with Crippen LogP contribution in [0.2, 0.25) is 0 Å². The molecule has 2 heteroatoms. The number of hydrogen-bond acceptors (Lipinski definition) is 0. The molecule has 1 aromatic carbocycles. The summed E-state index contributed by atoms with van der Waals surface area (Å²) < 4.78 is 13.1. The zero-order valence-corrected chi connectivity index (χ0v) is 9.85. The molecule has 2 rings (SSSR count). The van der Waals surface area contributed by atoms with Crippen LogP contribution in [0.5, 0.6) is 0 Å². The van der Waals surface area contributed by atoms with Crippen molar-refractivity contribution in [3.05, 3.63) is 35.1 Å². The van der Waals surface area contributed by atoms with Crippen LogP contribution in [0.4, 0.5) is 4.39 Å². The Kier molecular flexibility index (Phi) is 2.91. The third-order valence-corrected chi connectivity index (χ3v) is 4.14. The van der Waals surface area contributed by atoms with Gasteiger partial charge in [-0.3, -0.25) is 0 Å². The average Bonchev–Trinajstić information content (AvgIpc) is 2.57. The van der Waals surface area contributed by atoms with Crippen molar-refractivity contribution in [3.63, 3.8) is 0 Å². The molecule has 0 aliphatic heterocycles. The van der Waals surface area contributed by atoms with Gasteiger partial charge < -0.3 is 0 Å². The predicted molar refractivity (Wildman–Crippen MR) is 60.4 cm³/mol. The van der Waals surface area contributed by atoms with E-state index in [9.17, 15) is 4.39 Å². The van der Waals surface area contributed by atoms with Gasteiger partial charge in [-0.2, -0.15) is 0 Å². The monoisotopic (exact) mass is 256 g/mol. The maximum Gasteiger partial charge on any atom is 0.126 e. The molecule has 0 amide bonds. The Bertz CT molecular complexity index is 335. The number of rotatable bonds is 1. The van der Waals surface area contributed by atoms with Gasteiger partial charge in [0.05, 0.1) is 0 Å². The highest BCUT2D eigenvalue weighted by atomic mass is 79.9. The predicted octanol–water partition coefficient (Wildman–Crippen LogP) is 4.17. The lowest BCUT2D eigenvalue weighted by Crippen LogP contribution is -2.04. The van der Waals surface area contributed by atoms with Crippen LogP contribution in [0.25, 0.3) is 0 Å². The Labute approximate surface area is 92.6 Å². The van der Waals surface area contributed by atoms with Gasteiger partial charge in [-0.25, -0.2) is 4.39 Å². The first kappa shape index (κ1) is 10.2. The normalized spacial score (nSPS) is 26.8. The van der Waals surface area contributed by atoms with Crippen molar-refractivity contribution in [2.75, 3.05) is 0 Å². The minimum Gasteiger partial charge on any atom is -0.207 e. The lowest BCUT2D eigenvalue weighted by Gasteiger charge is -2.14. The molecule has 2 atom stereocenters. The van der Waals surface area contributed by atoms with Gasteiger partial charge in [0, 0.05) is 4.83 Å². The second-order valence-electron chi connectivity index (χ2n) is 4.06. The first-order valence-electron chi connectivity index (χ1n) is 5.08. The summed E-state index contributed by atoms with van der Waals surface area (Å²) in [6, 6.07) is 5.49. The van der Waals surface area contributed by atoms with Crippen LogP contribution in [0.3, 0.4) is 0 Å². The summed E-state index contributed by atoms with van der Waals surface area (Å²) in [6.45, 7) is 1.83. The van der Waals surface area contributed by atoms with E-state index in [1.54, 1.807) is 6.07 Å². The Morgan fingerprint density at radius 2 is 2.14 bits per heavy atom. The summed E-state index contributed by atoms with van der Waals surface area (Å²) in [4.78, 5) is 0.576. The van der Waals surface area contributed by atoms with Crippen molar-refractivity contribution in [1.29, 1.82) is 0 Å². The van der Waals surface area contributed by atoms with E-state index in [0.717, 1.165) is 5.56 Å². The van der Waals surface area contributed by atoms with E-state index in [2.05, 4.69) is 15.9 Å². The Morgan fingerprint density at radius 1 is 1.36 bits per heavy atom. The molecular formula is C12H14BrF. The van der Waals surface area contributed by atoms with Gasteiger partial charge in [0.15, 0.2) is 0 Å². The molecule has 1 aliphatic carbocycles. The van der Waals surface area contributed by atoms with Gasteiger partial charge in [-0.1, -0.05) is 34.5 Å². The quantitative estimate of drug-likeness (QED) is 0.662. The van der Waals surface area contributed by atoms with Gasteiger partial charge in [0.1, 0.15) is 5.82 Å². The smallest absolute Gasteiger partial charge is 0.126 e. The van der Waals surface area contributed by atoms with Gasteiger partial charge in [0.25, 0.3) is 0 Å². The van der Waals surface area contributed by atoms with Gasteiger partial charge >= 0.3 is 0 Å². The fraction of sp³-hybridized carbons (Fsp3) is 0.500. The van der Waals surface area contributed by atoms with Crippen molar-refractivity contribution in [2.24, 2.45) is 0 Å². The Balaban J connectivity index is 2.28. The fourth-order valence-corrected chi connectivity index (χ4v) is 3.08. The van der Waals surface area contributed by atoms with Gasteiger partial charge in [-0.15, -0.1) is 0 Å². The second kappa shape index (κ2) is 4.01. The maximum atomic E-state index is 13.1. The molecule has 0 nitrogen and oxygen atoms in total. The molecule has 76 valence electrons. The summed E-state index contributed by atoms with van der Waals surface area (Å²) in [7, 11) is 0. The van der Waals surface area contributed by atoms with Crippen LogP contribution in [0.1, 0.15) is 36.3 Å². The minimum atomic E-state index is -0.0992. The van der Waals surface area contributed by atoms with Crippen molar-refractivity contribution in [3.8, 4) is 0 Å². The van der Waals surface area contributed by atoms with E-state index < -0.39 is 0 Å². The van der Waals surface area contributed by atoms with E-state index in [-0.39, 0.29) is 5.82 Å². The SMILES string of the molecule is Cc1cc(C2CCCC2Br)ccc1F. The number of hydrogen-bond donors (Lipinski definition) is 0. The highest BCUT2D eigenvalue weighted by Gasteiger charge is 2.26. The summed E-state index contributed by atoms with van der Waals surface area (Å²) in [5.41, 5.74) is 2.04. The largest absolute Gasteiger partial charge is 0.207 e. The van der Waals surface area contributed by atoms with E-state index in [1.807, 2.05) is 19.1 Å². The molecule has 14 heavy (non-hydrogen) atoms. The van der Waals surface area contributed by atoms with Crippen LogP contribution in [-0.2, 0) is 0 Å².